The van der Waals surface area contributed by atoms with Crippen molar-refractivity contribution in [1.82, 2.24) is 0 Å². The molecule has 0 amide bonds. The van der Waals surface area contributed by atoms with Crippen molar-refractivity contribution in [3.8, 4) is 12.3 Å². The zero-order chi connectivity index (χ0) is 14.3. The van der Waals surface area contributed by atoms with Crippen LogP contribution in [0, 0.1) is 12.3 Å². The summed E-state index contributed by atoms with van der Waals surface area (Å²) in [6.07, 6.45) is 14.9. The minimum absolute atomic E-state index is 0.282. The lowest BCUT2D eigenvalue weighted by Crippen LogP contribution is -1.99. The molecule has 0 atom stereocenters. The number of allylic oxidation sites excluding steroid dienone is 3. The molecular formula is C16H24O3. The van der Waals surface area contributed by atoms with E-state index in [0.29, 0.717) is 13.2 Å². The van der Waals surface area contributed by atoms with Crippen LogP contribution >= 0.6 is 0 Å². The maximum absolute atomic E-state index is 11.2. The predicted octanol–water partition coefficient (Wildman–Crippen LogP) is 3.26. The lowest BCUT2D eigenvalue weighted by Gasteiger charge is -1.99. The van der Waals surface area contributed by atoms with E-state index in [2.05, 4.69) is 12.0 Å². The Balaban J connectivity index is 3.57. The van der Waals surface area contributed by atoms with Gasteiger partial charge < -0.3 is 9.47 Å². The van der Waals surface area contributed by atoms with Gasteiger partial charge in [-0.1, -0.05) is 24.5 Å². The Hall–Kier alpha value is -1.53. The van der Waals surface area contributed by atoms with Crippen LogP contribution in [0.4, 0.5) is 0 Å². The molecule has 0 unspecified atom stereocenters. The van der Waals surface area contributed by atoms with Gasteiger partial charge in [-0.2, -0.15) is 0 Å². The summed E-state index contributed by atoms with van der Waals surface area (Å²) in [6.45, 7) is 5.23. The Morgan fingerprint density at radius 2 is 2.11 bits per heavy atom. The van der Waals surface area contributed by atoms with Gasteiger partial charge in [-0.3, -0.25) is 0 Å². The lowest BCUT2D eigenvalue weighted by atomic mass is 10.1. The molecule has 0 radical (unpaired) electrons. The van der Waals surface area contributed by atoms with Crippen molar-refractivity contribution in [1.29, 1.82) is 0 Å². The number of hydrogen-bond donors (Lipinski definition) is 0. The van der Waals surface area contributed by atoms with Crippen LogP contribution in [0.25, 0.3) is 0 Å². The molecule has 19 heavy (non-hydrogen) atoms. The van der Waals surface area contributed by atoms with Gasteiger partial charge in [0.2, 0.25) is 0 Å². The third-order valence-electron chi connectivity index (χ3n) is 2.36. The fourth-order valence-corrected chi connectivity index (χ4v) is 1.46. The first-order valence-electron chi connectivity index (χ1n) is 6.73. The Kier molecular flexibility index (Phi) is 11.9. The van der Waals surface area contributed by atoms with Gasteiger partial charge in [-0.25, -0.2) is 4.79 Å². The summed E-state index contributed by atoms with van der Waals surface area (Å²) in [6, 6.07) is 0. The van der Waals surface area contributed by atoms with Gasteiger partial charge in [0.15, 0.2) is 0 Å². The van der Waals surface area contributed by atoms with Crippen LogP contribution in [0.3, 0.4) is 0 Å². The third-order valence-corrected chi connectivity index (χ3v) is 2.36. The molecule has 0 heterocycles. The van der Waals surface area contributed by atoms with Gasteiger partial charge >= 0.3 is 5.97 Å². The van der Waals surface area contributed by atoms with Crippen LogP contribution in [0.15, 0.2) is 23.8 Å². The van der Waals surface area contributed by atoms with E-state index in [0.717, 1.165) is 37.9 Å². The molecule has 0 aliphatic carbocycles. The maximum atomic E-state index is 11.2. The molecule has 106 valence electrons. The Morgan fingerprint density at radius 1 is 1.32 bits per heavy atom. The zero-order valence-corrected chi connectivity index (χ0v) is 12.0. The van der Waals surface area contributed by atoms with E-state index in [1.54, 1.807) is 6.92 Å². The Labute approximate surface area is 116 Å². The molecule has 0 aromatic rings. The maximum Gasteiger partial charge on any atom is 0.330 e. The molecule has 0 aromatic heterocycles. The van der Waals surface area contributed by atoms with Crippen molar-refractivity contribution in [2.24, 2.45) is 0 Å². The third kappa shape index (κ3) is 12.7. The summed E-state index contributed by atoms with van der Waals surface area (Å²) in [5.74, 6) is 2.16. The van der Waals surface area contributed by atoms with E-state index in [4.69, 9.17) is 15.9 Å². The average Bonchev–Trinajstić information content (AvgIpc) is 2.37. The summed E-state index contributed by atoms with van der Waals surface area (Å²) in [5, 5.41) is 0. The number of carbonyl (C=O) groups excluding carboxylic acids is 1. The van der Waals surface area contributed by atoms with Crippen molar-refractivity contribution in [2.45, 2.75) is 39.5 Å². The topological polar surface area (TPSA) is 35.5 Å². The molecule has 0 spiro atoms. The number of carbonyl (C=O) groups is 1. The van der Waals surface area contributed by atoms with Crippen molar-refractivity contribution in [2.75, 3.05) is 19.8 Å². The first-order chi connectivity index (χ1) is 9.20. The highest BCUT2D eigenvalue weighted by Gasteiger charge is 1.94. The van der Waals surface area contributed by atoms with Crippen molar-refractivity contribution < 1.29 is 14.3 Å². The summed E-state index contributed by atoms with van der Waals surface area (Å²) < 4.78 is 10.0. The van der Waals surface area contributed by atoms with Crippen LogP contribution in [0.2, 0.25) is 0 Å². The SMILES string of the molecule is C#CCOCCCCC/C=C/C(C)=C/C(=O)OCC. The quantitative estimate of drug-likeness (QED) is 0.200. The fourth-order valence-electron chi connectivity index (χ4n) is 1.46. The van der Waals surface area contributed by atoms with Gasteiger partial charge in [0.25, 0.3) is 0 Å². The smallest absolute Gasteiger partial charge is 0.330 e. The fraction of sp³-hybridized carbons (Fsp3) is 0.562. The first-order valence-corrected chi connectivity index (χ1v) is 6.73. The van der Waals surface area contributed by atoms with Crippen molar-refractivity contribution in [3.05, 3.63) is 23.8 Å². The normalized spacial score (nSPS) is 11.5. The standard InChI is InChI=1S/C16H24O3/c1-4-12-18-13-10-8-6-7-9-11-15(3)14-16(17)19-5-2/h1,9,11,14H,5-8,10,12-13H2,2-3H3/b11-9+,15-14+. The minimum atomic E-state index is -0.282. The number of esters is 1. The molecule has 0 rings (SSSR count). The summed E-state index contributed by atoms with van der Waals surface area (Å²) in [5.41, 5.74) is 0.913. The highest BCUT2D eigenvalue weighted by atomic mass is 16.5. The van der Waals surface area contributed by atoms with E-state index >= 15 is 0 Å². The largest absolute Gasteiger partial charge is 0.463 e. The second-order valence-corrected chi connectivity index (χ2v) is 4.15. The monoisotopic (exact) mass is 264 g/mol. The van der Waals surface area contributed by atoms with Crippen molar-refractivity contribution in [3.63, 3.8) is 0 Å². The zero-order valence-electron chi connectivity index (χ0n) is 12.0. The number of hydrogen-bond acceptors (Lipinski definition) is 3. The van der Waals surface area contributed by atoms with E-state index in [1.165, 1.54) is 6.08 Å². The molecule has 3 heteroatoms. The average molecular weight is 264 g/mol. The van der Waals surface area contributed by atoms with Gasteiger partial charge in [0, 0.05) is 12.7 Å². The highest BCUT2D eigenvalue weighted by Crippen LogP contribution is 2.03. The lowest BCUT2D eigenvalue weighted by molar-refractivity contribution is -0.137. The summed E-state index contributed by atoms with van der Waals surface area (Å²) in [4.78, 5) is 11.2. The molecule has 0 aliphatic heterocycles. The van der Waals surface area contributed by atoms with Crippen LogP contribution in [-0.4, -0.2) is 25.8 Å². The Morgan fingerprint density at radius 3 is 2.79 bits per heavy atom. The number of rotatable bonds is 10. The molecule has 0 N–H and O–H groups in total. The van der Waals surface area contributed by atoms with Crippen LogP contribution in [-0.2, 0) is 14.3 Å². The van der Waals surface area contributed by atoms with Crippen LogP contribution in [0.1, 0.15) is 39.5 Å². The molecule has 0 saturated heterocycles. The van der Waals surface area contributed by atoms with E-state index in [9.17, 15) is 4.79 Å². The van der Waals surface area contributed by atoms with E-state index in [1.807, 2.05) is 13.0 Å². The van der Waals surface area contributed by atoms with E-state index in [-0.39, 0.29) is 5.97 Å². The molecule has 3 nitrogen and oxygen atoms in total. The summed E-state index contributed by atoms with van der Waals surface area (Å²) in [7, 11) is 0. The number of terminal acetylenes is 1. The molecule has 0 bridgehead atoms. The molecule has 0 aliphatic rings. The molecule has 0 aromatic carbocycles. The minimum Gasteiger partial charge on any atom is -0.463 e. The van der Waals surface area contributed by atoms with Crippen molar-refractivity contribution >= 4 is 5.97 Å². The van der Waals surface area contributed by atoms with Gasteiger partial charge in [-0.05, 0) is 38.7 Å². The predicted molar refractivity (Wildman–Crippen MR) is 77.7 cm³/mol. The van der Waals surface area contributed by atoms with Crippen LogP contribution in [0.5, 0.6) is 0 Å². The molecular weight excluding hydrogens is 240 g/mol. The van der Waals surface area contributed by atoms with Gasteiger partial charge in [0.1, 0.15) is 6.61 Å². The van der Waals surface area contributed by atoms with Gasteiger partial charge in [0.05, 0.1) is 6.61 Å². The van der Waals surface area contributed by atoms with E-state index < -0.39 is 0 Å². The van der Waals surface area contributed by atoms with Gasteiger partial charge in [-0.15, -0.1) is 6.42 Å². The first kappa shape index (κ1) is 17.5. The molecule has 0 fully saturated rings. The summed E-state index contributed by atoms with van der Waals surface area (Å²) >= 11 is 0. The second kappa shape index (κ2) is 12.9. The molecule has 0 saturated carbocycles. The Bertz CT molecular complexity index is 334. The highest BCUT2D eigenvalue weighted by molar-refractivity contribution is 5.83. The number of ether oxygens (including phenoxy) is 2. The van der Waals surface area contributed by atoms with Crippen LogP contribution < -0.4 is 0 Å². The second-order valence-electron chi connectivity index (χ2n) is 4.15. The number of unbranched alkanes of at least 4 members (excludes halogenated alkanes) is 3.